The van der Waals surface area contributed by atoms with Gasteiger partial charge >= 0.3 is 5.97 Å². The van der Waals surface area contributed by atoms with E-state index in [-0.39, 0.29) is 17.8 Å². The zero-order valence-corrected chi connectivity index (χ0v) is 22.1. The largest absolute Gasteiger partial charge is 0.460 e. The molecule has 0 spiro atoms. The highest BCUT2D eigenvalue weighted by Crippen LogP contribution is 2.36. The number of ether oxygens (including phenoxy) is 1. The first kappa shape index (κ1) is 27.6. The summed E-state index contributed by atoms with van der Waals surface area (Å²) < 4.78 is 5.86. The zero-order chi connectivity index (χ0) is 25.1. The van der Waals surface area contributed by atoms with Crippen molar-refractivity contribution in [2.24, 2.45) is 17.3 Å². The van der Waals surface area contributed by atoms with Crippen molar-refractivity contribution in [3.63, 3.8) is 0 Å². The molecule has 0 saturated carbocycles. The average molecular weight is 462 g/mol. The van der Waals surface area contributed by atoms with Crippen molar-refractivity contribution in [2.75, 3.05) is 13.6 Å². The Morgan fingerprint density at radius 3 is 2.15 bits per heavy atom. The second kappa shape index (κ2) is 13.3. The summed E-state index contributed by atoms with van der Waals surface area (Å²) in [6.45, 7) is 13.7. The maximum absolute atomic E-state index is 13.2. The molecule has 0 amide bonds. The number of benzene rings is 2. The van der Waals surface area contributed by atoms with Gasteiger partial charge in [-0.25, -0.2) is 0 Å². The first-order chi connectivity index (χ1) is 16.3. The van der Waals surface area contributed by atoms with Crippen LogP contribution in [0.1, 0.15) is 70.6 Å². The molecule has 184 valence electrons. The second-order valence-electron chi connectivity index (χ2n) is 9.92. The molecule has 0 aliphatic carbocycles. The summed E-state index contributed by atoms with van der Waals surface area (Å²) in [6, 6.07) is 19.1. The normalized spacial score (nSPS) is 15.8. The van der Waals surface area contributed by atoms with Gasteiger partial charge in [-0.15, -0.1) is 0 Å². The molecule has 3 atom stereocenters. The third-order valence-electron chi connectivity index (χ3n) is 6.74. The molecule has 2 rings (SSSR count). The van der Waals surface area contributed by atoms with Crippen LogP contribution in [0.4, 0.5) is 0 Å². The van der Waals surface area contributed by atoms with Gasteiger partial charge < -0.3 is 10.1 Å². The lowest BCUT2D eigenvalue weighted by molar-refractivity contribution is -0.160. The molecule has 0 aromatic heterocycles. The van der Waals surface area contributed by atoms with Gasteiger partial charge in [-0.1, -0.05) is 93.6 Å². The molecule has 1 N–H and O–H groups in total. The number of allylic oxidation sites excluding steroid dienone is 4. The summed E-state index contributed by atoms with van der Waals surface area (Å²) in [5.74, 6) is 0.659. The number of nitrogens with one attached hydrogen (secondary N) is 1. The van der Waals surface area contributed by atoms with Crippen LogP contribution in [0.3, 0.4) is 0 Å². The number of carbonyl (C=O) groups excluding carboxylic acids is 1. The van der Waals surface area contributed by atoms with Gasteiger partial charge in [0.2, 0.25) is 0 Å². The molecule has 34 heavy (non-hydrogen) atoms. The molecule has 3 heteroatoms. The minimum Gasteiger partial charge on any atom is -0.460 e. The van der Waals surface area contributed by atoms with Gasteiger partial charge in [0.25, 0.3) is 0 Å². The Kier molecular flexibility index (Phi) is 10.8. The zero-order valence-electron chi connectivity index (χ0n) is 22.1. The van der Waals surface area contributed by atoms with Crippen LogP contribution in [-0.4, -0.2) is 19.6 Å². The molecule has 3 nitrogen and oxygen atoms in total. The molecule has 0 aliphatic rings. The molecule has 0 fully saturated rings. The highest BCUT2D eigenvalue weighted by molar-refractivity contribution is 5.76. The second-order valence-corrected chi connectivity index (χ2v) is 9.92. The van der Waals surface area contributed by atoms with Crippen LogP contribution in [-0.2, 0) is 16.1 Å². The Morgan fingerprint density at radius 1 is 1.00 bits per heavy atom. The van der Waals surface area contributed by atoms with Gasteiger partial charge in [0, 0.05) is 5.92 Å². The summed E-state index contributed by atoms with van der Waals surface area (Å²) in [5.41, 5.74) is 4.24. The fraction of sp³-hybridized carbons (Fsp3) is 0.452. The maximum atomic E-state index is 13.2. The van der Waals surface area contributed by atoms with Crippen LogP contribution in [0.2, 0.25) is 0 Å². The van der Waals surface area contributed by atoms with E-state index in [1.54, 1.807) is 0 Å². The van der Waals surface area contributed by atoms with E-state index in [2.05, 4.69) is 99.8 Å². The van der Waals surface area contributed by atoms with Crippen molar-refractivity contribution >= 4 is 5.97 Å². The smallest absolute Gasteiger partial charge is 0.312 e. The highest BCUT2D eigenvalue weighted by atomic mass is 16.5. The van der Waals surface area contributed by atoms with Gasteiger partial charge in [0.05, 0.1) is 5.41 Å². The van der Waals surface area contributed by atoms with Crippen LogP contribution < -0.4 is 5.32 Å². The monoisotopic (exact) mass is 461 g/mol. The number of esters is 1. The van der Waals surface area contributed by atoms with Crippen molar-refractivity contribution in [2.45, 2.75) is 60.5 Å². The Balaban J connectivity index is 2.21. The lowest BCUT2D eigenvalue weighted by Gasteiger charge is -2.35. The van der Waals surface area contributed by atoms with Gasteiger partial charge in [-0.3, -0.25) is 4.79 Å². The number of hydrogen-bond acceptors (Lipinski definition) is 3. The van der Waals surface area contributed by atoms with Crippen molar-refractivity contribution in [3.05, 3.63) is 95.1 Å². The van der Waals surface area contributed by atoms with E-state index in [1.807, 2.05) is 27.0 Å². The minimum absolute atomic E-state index is 0.112. The van der Waals surface area contributed by atoms with E-state index in [0.717, 1.165) is 18.5 Å². The van der Waals surface area contributed by atoms with E-state index in [9.17, 15) is 4.79 Å². The molecule has 0 bridgehead atoms. The minimum atomic E-state index is -0.511. The fourth-order valence-electron chi connectivity index (χ4n) is 4.76. The fourth-order valence-corrected chi connectivity index (χ4v) is 4.76. The van der Waals surface area contributed by atoms with Crippen molar-refractivity contribution < 1.29 is 9.53 Å². The Bertz CT molecular complexity index is 943. The van der Waals surface area contributed by atoms with E-state index in [1.165, 1.54) is 16.7 Å². The third-order valence-corrected chi connectivity index (χ3v) is 6.74. The predicted octanol–water partition coefficient (Wildman–Crippen LogP) is 7.29. The Morgan fingerprint density at radius 2 is 1.62 bits per heavy atom. The molecule has 2 aromatic carbocycles. The van der Waals surface area contributed by atoms with Crippen LogP contribution in [0.25, 0.3) is 0 Å². The molecule has 0 radical (unpaired) electrons. The number of hydrogen-bond donors (Lipinski definition) is 1. The summed E-state index contributed by atoms with van der Waals surface area (Å²) in [5, 5.41) is 3.21. The van der Waals surface area contributed by atoms with Crippen LogP contribution in [0.5, 0.6) is 0 Å². The molecule has 2 aromatic rings. The van der Waals surface area contributed by atoms with Crippen molar-refractivity contribution in [1.29, 1.82) is 0 Å². The maximum Gasteiger partial charge on any atom is 0.312 e. The van der Waals surface area contributed by atoms with E-state index in [0.29, 0.717) is 12.5 Å². The first-order valence-electron chi connectivity index (χ1n) is 12.5. The molecular weight excluding hydrogens is 418 g/mol. The topological polar surface area (TPSA) is 38.3 Å². The quantitative estimate of drug-likeness (QED) is 0.266. The van der Waals surface area contributed by atoms with Gasteiger partial charge in [-0.2, -0.15) is 0 Å². The summed E-state index contributed by atoms with van der Waals surface area (Å²) in [7, 11) is 1.93. The summed E-state index contributed by atoms with van der Waals surface area (Å²) in [6.07, 6.45) is 7.25. The van der Waals surface area contributed by atoms with Crippen molar-refractivity contribution in [1.82, 2.24) is 5.32 Å². The molecule has 0 saturated heterocycles. The number of rotatable bonds is 12. The van der Waals surface area contributed by atoms with E-state index in [4.69, 9.17) is 4.74 Å². The molecule has 0 aliphatic heterocycles. The van der Waals surface area contributed by atoms with Gasteiger partial charge in [0.15, 0.2) is 0 Å². The van der Waals surface area contributed by atoms with Crippen LogP contribution in [0.15, 0.2) is 78.4 Å². The molecule has 3 unspecified atom stereocenters. The third kappa shape index (κ3) is 7.17. The lowest BCUT2D eigenvalue weighted by atomic mass is 9.72. The molecular formula is C31H43NO2. The van der Waals surface area contributed by atoms with Gasteiger partial charge in [0.1, 0.15) is 6.61 Å². The summed E-state index contributed by atoms with van der Waals surface area (Å²) >= 11 is 0. The Labute approximate surface area is 207 Å². The Hall–Kier alpha value is -2.65. The first-order valence-corrected chi connectivity index (χ1v) is 12.5. The van der Waals surface area contributed by atoms with Crippen LogP contribution >= 0.6 is 0 Å². The van der Waals surface area contributed by atoms with Gasteiger partial charge in [-0.05, 0) is 74.9 Å². The number of carbonyl (C=O) groups is 1. The predicted molar refractivity (Wildman–Crippen MR) is 144 cm³/mol. The van der Waals surface area contributed by atoms with E-state index >= 15 is 0 Å². The average Bonchev–Trinajstić information content (AvgIpc) is 2.83. The standard InChI is InChI=1S/C31H43NO2/c1-8-13-26(9-2)29(27-14-11-10-12-15-27)28-18-16-25(17-19-28)22-34-30(33)31(6,20-23(3)4)24(5)21-32-7/h8-19,23-24,29,32H,20-22H2,1-7H3. The SMILES string of the molecule is CC=CC(=CC)C(c1ccccc1)c1ccc(COC(=O)C(C)(CC(C)C)C(C)CNC)cc1. The van der Waals surface area contributed by atoms with E-state index < -0.39 is 5.41 Å². The summed E-state index contributed by atoms with van der Waals surface area (Å²) in [4.78, 5) is 13.2. The van der Waals surface area contributed by atoms with Crippen LogP contribution in [0, 0.1) is 17.3 Å². The lowest BCUT2D eigenvalue weighted by Crippen LogP contribution is -2.41. The van der Waals surface area contributed by atoms with Crippen molar-refractivity contribution in [3.8, 4) is 0 Å². The highest BCUT2D eigenvalue weighted by Gasteiger charge is 2.40. The molecule has 0 heterocycles.